The van der Waals surface area contributed by atoms with Crippen molar-refractivity contribution in [3.8, 4) is 23.0 Å². The minimum atomic E-state index is -0.821. The summed E-state index contributed by atoms with van der Waals surface area (Å²) in [5, 5.41) is 11.3. The van der Waals surface area contributed by atoms with Gasteiger partial charge in [0.1, 0.15) is 17.3 Å². The number of carbonyl (C=O) groups is 2. The molecule has 184 valence electrons. The van der Waals surface area contributed by atoms with Crippen LogP contribution in [0.15, 0.2) is 72.3 Å². The van der Waals surface area contributed by atoms with Crippen LogP contribution in [0.2, 0.25) is 0 Å². The van der Waals surface area contributed by atoms with E-state index in [1.807, 2.05) is 25.1 Å². The van der Waals surface area contributed by atoms with Crippen LogP contribution in [0, 0.1) is 0 Å². The van der Waals surface area contributed by atoms with Gasteiger partial charge in [-0.2, -0.15) is 0 Å². The number of aliphatic hydroxyl groups is 1. The van der Waals surface area contributed by atoms with Gasteiger partial charge in [-0.25, -0.2) is 0 Å². The molecule has 5 rings (SSSR count). The maximum Gasteiger partial charge on any atom is 0.295 e. The van der Waals surface area contributed by atoms with Crippen LogP contribution in [-0.2, 0) is 16.1 Å². The van der Waals surface area contributed by atoms with Crippen molar-refractivity contribution in [2.45, 2.75) is 19.5 Å². The van der Waals surface area contributed by atoms with E-state index in [2.05, 4.69) is 0 Å². The molecule has 0 radical (unpaired) electrons. The fourth-order valence-corrected chi connectivity index (χ4v) is 4.46. The molecule has 0 aliphatic carbocycles. The van der Waals surface area contributed by atoms with Crippen molar-refractivity contribution in [1.29, 1.82) is 0 Å². The van der Waals surface area contributed by atoms with Gasteiger partial charge in [0, 0.05) is 12.1 Å². The van der Waals surface area contributed by atoms with E-state index in [0.29, 0.717) is 40.7 Å². The molecule has 0 spiro atoms. The van der Waals surface area contributed by atoms with E-state index in [1.54, 1.807) is 55.6 Å². The fourth-order valence-electron chi connectivity index (χ4n) is 4.46. The number of benzene rings is 3. The molecular weight excluding hydrogens is 462 g/mol. The summed E-state index contributed by atoms with van der Waals surface area (Å²) in [7, 11) is 1.58. The quantitative estimate of drug-likeness (QED) is 0.299. The number of ether oxygens (including phenoxy) is 4. The molecule has 1 amide bonds. The first kappa shape index (κ1) is 23.3. The minimum absolute atomic E-state index is 0.000949. The van der Waals surface area contributed by atoms with Gasteiger partial charge in [-0.05, 0) is 60.5 Å². The van der Waals surface area contributed by atoms with Crippen LogP contribution < -0.4 is 18.9 Å². The topological polar surface area (TPSA) is 94.5 Å². The summed E-state index contributed by atoms with van der Waals surface area (Å²) in [6, 6.07) is 18.5. The lowest BCUT2D eigenvalue weighted by Crippen LogP contribution is -2.29. The molecule has 1 N–H and O–H groups in total. The number of amides is 1. The van der Waals surface area contributed by atoms with Crippen LogP contribution in [0.4, 0.5) is 0 Å². The van der Waals surface area contributed by atoms with Gasteiger partial charge in [-0.3, -0.25) is 9.59 Å². The third kappa shape index (κ3) is 4.22. The average Bonchev–Trinajstić information content (AvgIpc) is 3.47. The van der Waals surface area contributed by atoms with Crippen molar-refractivity contribution in [3.63, 3.8) is 0 Å². The Bertz CT molecular complexity index is 1350. The number of methoxy groups -OCH3 is 1. The Hall–Kier alpha value is -4.46. The van der Waals surface area contributed by atoms with Gasteiger partial charge in [0.25, 0.3) is 11.7 Å². The molecule has 0 bridgehead atoms. The number of likely N-dealkylation sites (tertiary alicyclic amines) is 1. The van der Waals surface area contributed by atoms with E-state index in [4.69, 9.17) is 18.9 Å². The van der Waals surface area contributed by atoms with Crippen LogP contribution >= 0.6 is 0 Å². The zero-order valence-electron chi connectivity index (χ0n) is 19.9. The predicted molar refractivity (Wildman–Crippen MR) is 131 cm³/mol. The van der Waals surface area contributed by atoms with E-state index < -0.39 is 17.7 Å². The SMILES string of the molecule is CCOc1cccc(C2/C(=C(/O)c3ccc4c(c3)OCO4)C(=O)C(=O)N2Cc2ccc(OC)cc2)c1. The molecule has 1 atom stereocenters. The Balaban J connectivity index is 1.61. The van der Waals surface area contributed by atoms with Gasteiger partial charge in [0.2, 0.25) is 6.79 Å². The van der Waals surface area contributed by atoms with Gasteiger partial charge in [-0.1, -0.05) is 24.3 Å². The van der Waals surface area contributed by atoms with Crippen LogP contribution in [0.3, 0.4) is 0 Å². The van der Waals surface area contributed by atoms with E-state index in [9.17, 15) is 14.7 Å². The zero-order valence-corrected chi connectivity index (χ0v) is 19.9. The minimum Gasteiger partial charge on any atom is -0.507 e. The molecule has 2 aliphatic heterocycles. The number of fused-ring (bicyclic) bond motifs is 1. The summed E-state index contributed by atoms with van der Waals surface area (Å²) >= 11 is 0. The van der Waals surface area contributed by atoms with Crippen molar-refractivity contribution < 1.29 is 33.6 Å². The number of rotatable bonds is 7. The second kappa shape index (κ2) is 9.65. The van der Waals surface area contributed by atoms with E-state index in [1.165, 1.54) is 4.90 Å². The van der Waals surface area contributed by atoms with Crippen molar-refractivity contribution in [3.05, 3.63) is 89.0 Å². The number of hydrogen-bond donors (Lipinski definition) is 1. The van der Waals surface area contributed by atoms with Crippen LogP contribution in [0.1, 0.15) is 29.7 Å². The molecule has 36 heavy (non-hydrogen) atoms. The highest BCUT2D eigenvalue weighted by molar-refractivity contribution is 6.46. The van der Waals surface area contributed by atoms with Crippen LogP contribution in [-0.4, -0.2) is 42.2 Å². The third-order valence-corrected chi connectivity index (χ3v) is 6.18. The van der Waals surface area contributed by atoms with E-state index >= 15 is 0 Å². The Morgan fingerprint density at radius 1 is 1.00 bits per heavy atom. The Morgan fingerprint density at radius 2 is 1.78 bits per heavy atom. The molecule has 3 aromatic carbocycles. The van der Waals surface area contributed by atoms with Gasteiger partial charge in [-0.15, -0.1) is 0 Å². The van der Waals surface area contributed by atoms with Crippen molar-refractivity contribution >= 4 is 17.4 Å². The standard InChI is InChI=1S/C28H25NO7/c1-3-34-21-6-4-5-18(13-21)25-24(26(30)19-9-12-22-23(14-19)36-16-35-22)27(31)28(32)29(25)15-17-7-10-20(33-2)11-8-17/h4-14,25,30H,3,15-16H2,1-2H3/b26-24-. The van der Waals surface area contributed by atoms with Crippen molar-refractivity contribution in [1.82, 2.24) is 4.90 Å². The fraction of sp³-hybridized carbons (Fsp3) is 0.214. The molecule has 2 aliphatic rings. The smallest absolute Gasteiger partial charge is 0.295 e. The monoisotopic (exact) mass is 487 g/mol. The van der Waals surface area contributed by atoms with Crippen molar-refractivity contribution in [2.24, 2.45) is 0 Å². The second-order valence-electron chi connectivity index (χ2n) is 8.35. The number of nitrogens with zero attached hydrogens (tertiary/aromatic N) is 1. The van der Waals surface area contributed by atoms with Crippen LogP contribution in [0.5, 0.6) is 23.0 Å². The van der Waals surface area contributed by atoms with Gasteiger partial charge in [0.15, 0.2) is 11.5 Å². The zero-order chi connectivity index (χ0) is 25.2. The maximum absolute atomic E-state index is 13.3. The highest BCUT2D eigenvalue weighted by Gasteiger charge is 2.46. The lowest BCUT2D eigenvalue weighted by atomic mass is 9.95. The summed E-state index contributed by atoms with van der Waals surface area (Å²) in [6.45, 7) is 2.58. The van der Waals surface area contributed by atoms with Crippen molar-refractivity contribution in [2.75, 3.05) is 20.5 Å². The molecular formula is C28H25NO7. The normalized spacial score (nSPS) is 17.9. The number of aliphatic hydroxyl groups excluding tert-OH is 1. The van der Waals surface area contributed by atoms with Crippen LogP contribution in [0.25, 0.3) is 5.76 Å². The predicted octanol–water partition coefficient (Wildman–Crippen LogP) is 4.44. The lowest BCUT2D eigenvalue weighted by molar-refractivity contribution is -0.140. The molecule has 1 fully saturated rings. The summed E-state index contributed by atoms with van der Waals surface area (Å²) in [5.41, 5.74) is 1.82. The Labute approximate surface area is 208 Å². The summed E-state index contributed by atoms with van der Waals surface area (Å²) < 4.78 is 21.7. The Morgan fingerprint density at radius 3 is 2.53 bits per heavy atom. The molecule has 1 saturated heterocycles. The van der Waals surface area contributed by atoms with Gasteiger partial charge < -0.3 is 29.0 Å². The Kier molecular flexibility index (Phi) is 6.25. The second-order valence-corrected chi connectivity index (χ2v) is 8.35. The first-order valence-electron chi connectivity index (χ1n) is 11.5. The molecule has 8 nitrogen and oxygen atoms in total. The molecule has 2 heterocycles. The average molecular weight is 488 g/mol. The maximum atomic E-state index is 13.3. The molecule has 8 heteroatoms. The summed E-state index contributed by atoms with van der Waals surface area (Å²) in [6.07, 6.45) is 0. The number of carbonyl (C=O) groups excluding carboxylic acids is 2. The first-order chi connectivity index (χ1) is 17.5. The number of Topliss-reactive ketones (excluding diaryl/α,β-unsaturated/α-hetero) is 1. The lowest BCUT2D eigenvalue weighted by Gasteiger charge is -2.26. The highest BCUT2D eigenvalue weighted by Crippen LogP contribution is 2.42. The number of ketones is 1. The van der Waals surface area contributed by atoms with Gasteiger partial charge >= 0.3 is 0 Å². The third-order valence-electron chi connectivity index (χ3n) is 6.18. The number of hydrogen-bond acceptors (Lipinski definition) is 7. The highest BCUT2D eigenvalue weighted by atomic mass is 16.7. The largest absolute Gasteiger partial charge is 0.507 e. The molecule has 3 aromatic rings. The van der Waals surface area contributed by atoms with E-state index in [0.717, 1.165) is 5.56 Å². The van der Waals surface area contributed by atoms with E-state index in [-0.39, 0.29) is 24.7 Å². The molecule has 1 unspecified atom stereocenters. The molecule has 0 saturated carbocycles. The summed E-state index contributed by atoms with van der Waals surface area (Å²) in [5.74, 6) is 0.563. The van der Waals surface area contributed by atoms with Gasteiger partial charge in [0.05, 0.1) is 25.3 Å². The molecule has 0 aromatic heterocycles. The first-order valence-corrected chi connectivity index (χ1v) is 11.5. The summed E-state index contributed by atoms with van der Waals surface area (Å²) in [4.78, 5) is 28.1.